The number of nitrogens with zero attached hydrogens (tertiary/aromatic N) is 1. The Bertz CT molecular complexity index is 83.0. The van der Waals surface area contributed by atoms with Crippen LogP contribution in [0, 0.1) is 5.21 Å². The molecule has 2 N–H and O–H groups in total. The molecule has 4 heteroatoms. The van der Waals surface area contributed by atoms with Gasteiger partial charge in [-0.05, 0) is 20.3 Å². The van der Waals surface area contributed by atoms with E-state index in [4.69, 9.17) is 5.84 Å². The van der Waals surface area contributed by atoms with Crippen molar-refractivity contribution in [2.45, 2.75) is 32.8 Å². The van der Waals surface area contributed by atoms with Crippen LogP contribution in [0.25, 0.3) is 0 Å². The molecule has 0 saturated heterocycles. The molecule has 9 heavy (non-hydrogen) atoms. The molecular formula is C5H13N2O2-. The van der Waals surface area contributed by atoms with Crippen molar-refractivity contribution >= 4 is 0 Å². The number of nitrogens with two attached hydrogens (primary N) is 1. The van der Waals surface area contributed by atoms with Crippen LogP contribution in [0.1, 0.15) is 27.2 Å². The molecule has 0 unspecified atom stereocenters. The average molecular weight is 133 g/mol. The first-order valence-electron chi connectivity index (χ1n) is 2.89. The summed E-state index contributed by atoms with van der Waals surface area (Å²) in [6, 6.07) is 0. The first-order chi connectivity index (χ1) is 3.98. The van der Waals surface area contributed by atoms with Crippen molar-refractivity contribution in [1.82, 2.24) is 5.34 Å². The maximum Gasteiger partial charge on any atom is 0.0845 e. The van der Waals surface area contributed by atoms with Crippen LogP contribution in [0.3, 0.4) is 0 Å². The summed E-state index contributed by atoms with van der Waals surface area (Å²) in [6.45, 7) is 5.51. The van der Waals surface area contributed by atoms with Gasteiger partial charge in [-0.15, -0.1) is 0 Å². The van der Waals surface area contributed by atoms with Crippen molar-refractivity contribution in [2.24, 2.45) is 5.84 Å². The molecule has 0 aliphatic carbocycles. The summed E-state index contributed by atoms with van der Waals surface area (Å²) >= 11 is 0. The van der Waals surface area contributed by atoms with Crippen LogP contribution < -0.4 is 5.84 Å². The van der Waals surface area contributed by atoms with E-state index in [-0.39, 0.29) is 5.34 Å². The normalized spacial score (nSPS) is 12.7. The van der Waals surface area contributed by atoms with Crippen molar-refractivity contribution in [3.63, 3.8) is 0 Å². The van der Waals surface area contributed by atoms with Gasteiger partial charge in [-0.3, -0.25) is 10.7 Å². The Balaban J connectivity index is 3.58. The Morgan fingerprint density at radius 3 is 2.22 bits per heavy atom. The van der Waals surface area contributed by atoms with Crippen molar-refractivity contribution in [3.05, 3.63) is 5.21 Å². The quantitative estimate of drug-likeness (QED) is 0.456. The third kappa shape index (κ3) is 4.35. The van der Waals surface area contributed by atoms with E-state index in [9.17, 15) is 5.21 Å². The van der Waals surface area contributed by atoms with Gasteiger partial charge in [0.05, 0.1) is 5.60 Å². The monoisotopic (exact) mass is 133 g/mol. The van der Waals surface area contributed by atoms with Gasteiger partial charge in [0.25, 0.3) is 0 Å². The lowest BCUT2D eigenvalue weighted by Crippen LogP contribution is -2.36. The molecule has 0 aliphatic heterocycles. The van der Waals surface area contributed by atoms with Crippen molar-refractivity contribution in [2.75, 3.05) is 0 Å². The summed E-state index contributed by atoms with van der Waals surface area (Å²) in [4.78, 5) is 4.64. The fourth-order valence-electron chi connectivity index (χ4n) is 0.308. The lowest BCUT2D eigenvalue weighted by atomic mass is 10.1. The summed E-state index contributed by atoms with van der Waals surface area (Å²) in [5.74, 6) is 4.71. The molecule has 0 aromatic rings. The minimum Gasteiger partial charge on any atom is -0.748 e. The molecule has 0 rings (SSSR count). The van der Waals surface area contributed by atoms with Gasteiger partial charge in [0.15, 0.2) is 0 Å². The van der Waals surface area contributed by atoms with Gasteiger partial charge in [-0.2, -0.15) is 5.34 Å². The first kappa shape index (κ1) is 8.84. The van der Waals surface area contributed by atoms with Gasteiger partial charge in [-0.25, -0.2) is 0 Å². The number of hydrogen-bond acceptors (Lipinski definition) is 4. The van der Waals surface area contributed by atoms with E-state index in [1.54, 1.807) is 13.8 Å². The van der Waals surface area contributed by atoms with Gasteiger partial charge in [0.1, 0.15) is 0 Å². The van der Waals surface area contributed by atoms with E-state index in [2.05, 4.69) is 4.84 Å². The van der Waals surface area contributed by atoms with Crippen molar-refractivity contribution in [3.8, 4) is 0 Å². The number of hydrogen-bond donors (Lipinski definition) is 1. The smallest absolute Gasteiger partial charge is 0.0845 e. The standard InChI is InChI=1S/C5H13N2O2/c1-4-5(2,3)9-7(6)8/h4,6H2,1-3H3/q-1. The van der Waals surface area contributed by atoms with E-state index in [1.165, 1.54) is 0 Å². The zero-order chi connectivity index (χ0) is 7.49. The highest BCUT2D eigenvalue weighted by atomic mass is 16.9. The maximum atomic E-state index is 10.1. The van der Waals surface area contributed by atoms with E-state index in [0.29, 0.717) is 0 Å². The fourth-order valence-corrected chi connectivity index (χ4v) is 0.308. The highest BCUT2D eigenvalue weighted by Gasteiger charge is 2.15. The van der Waals surface area contributed by atoms with Crippen molar-refractivity contribution in [1.29, 1.82) is 0 Å². The first-order valence-corrected chi connectivity index (χ1v) is 2.89. The number of rotatable bonds is 3. The molecule has 56 valence electrons. The predicted molar refractivity (Wildman–Crippen MR) is 34.8 cm³/mol. The Hall–Kier alpha value is -0.160. The Morgan fingerprint density at radius 1 is 1.67 bits per heavy atom. The molecule has 0 bridgehead atoms. The van der Waals surface area contributed by atoms with Crippen molar-refractivity contribution < 1.29 is 4.84 Å². The molecule has 0 amide bonds. The van der Waals surface area contributed by atoms with Crippen LogP contribution in [0.5, 0.6) is 0 Å². The maximum absolute atomic E-state index is 10.1. The molecule has 0 aliphatic rings. The third-order valence-corrected chi connectivity index (χ3v) is 1.19. The second kappa shape index (κ2) is 3.12. The number of hydrazine groups is 1. The lowest BCUT2D eigenvalue weighted by molar-refractivity contribution is -0.209. The molecule has 4 nitrogen and oxygen atoms in total. The molecule has 0 spiro atoms. The third-order valence-electron chi connectivity index (χ3n) is 1.19. The van der Waals surface area contributed by atoms with E-state index < -0.39 is 5.60 Å². The van der Waals surface area contributed by atoms with Crippen LogP contribution in [0.2, 0.25) is 0 Å². The fraction of sp³-hybridized carbons (Fsp3) is 1.00. The summed E-state index contributed by atoms with van der Waals surface area (Å²) in [5, 5.41) is 10.1. The van der Waals surface area contributed by atoms with E-state index in [1.807, 2.05) is 6.92 Å². The molecule has 0 atom stereocenters. The van der Waals surface area contributed by atoms with Gasteiger partial charge in [0, 0.05) is 0 Å². The van der Waals surface area contributed by atoms with E-state index >= 15 is 0 Å². The average Bonchev–Trinajstić information content (AvgIpc) is 1.63. The SMILES string of the molecule is CCC(C)(C)ON(N)[O-]. The highest BCUT2D eigenvalue weighted by Crippen LogP contribution is 2.12. The zero-order valence-electron chi connectivity index (χ0n) is 6.05. The van der Waals surface area contributed by atoms with E-state index in [0.717, 1.165) is 6.42 Å². The molecule has 0 aromatic heterocycles. The molecule has 0 radical (unpaired) electrons. The van der Waals surface area contributed by atoms with Crippen LogP contribution in [0.15, 0.2) is 0 Å². The van der Waals surface area contributed by atoms with Crippen LogP contribution in [-0.2, 0) is 4.84 Å². The molecule has 0 aromatic carbocycles. The van der Waals surface area contributed by atoms with Gasteiger partial charge in [0.2, 0.25) is 0 Å². The highest BCUT2D eigenvalue weighted by molar-refractivity contribution is 4.63. The Labute approximate surface area is 55.1 Å². The summed E-state index contributed by atoms with van der Waals surface area (Å²) in [5.41, 5.74) is -0.448. The van der Waals surface area contributed by atoms with Gasteiger partial charge < -0.3 is 5.21 Å². The zero-order valence-corrected chi connectivity index (χ0v) is 6.05. The van der Waals surface area contributed by atoms with Gasteiger partial charge >= 0.3 is 0 Å². The van der Waals surface area contributed by atoms with Crippen LogP contribution in [-0.4, -0.2) is 10.9 Å². The molecule has 0 saturated carbocycles. The lowest BCUT2D eigenvalue weighted by Gasteiger charge is -2.31. The minimum absolute atomic E-state index is 0.0104. The largest absolute Gasteiger partial charge is 0.748 e. The predicted octanol–water partition coefficient (Wildman–Crippen LogP) is 0.780. The summed E-state index contributed by atoms with van der Waals surface area (Å²) in [6.07, 6.45) is 0.753. The van der Waals surface area contributed by atoms with Crippen LogP contribution in [0.4, 0.5) is 0 Å². The summed E-state index contributed by atoms with van der Waals surface area (Å²) < 4.78 is 0. The topological polar surface area (TPSA) is 61.5 Å². The second-order valence-corrected chi connectivity index (χ2v) is 2.49. The van der Waals surface area contributed by atoms with Gasteiger partial charge in [-0.1, -0.05) is 6.92 Å². The second-order valence-electron chi connectivity index (χ2n) is 2.49. The molecule has 0 heterocycles. The Morgan fingerprint density at radius 2 is 2.11 bits per heavy atom. The molecular weight excluding hydrogens is 120 g/mol. The minimum atomic E-state index is -0.448. The summed E-state index contributed by atoms with van der Waals surface area (Å²) in [7, 11) is 0. The van der Waals surface area contributed by atoms with Crippen LogP contribution >= 0.6 is 0 Å². The molecule has 0 fully saturated rings. The Kier molecular flexibility index (Phi) is 3.07.